The molecule has 2 heterocycles. The summed E-state index contributed by atoms with van der Waals surface area (Å²) in [5, 5.41) is 0.439. The maximum absolute atomic E-state index is 13.7. The van der Waals surface area contributed by atoms with Crippen LogP contribution in [-0.4, -0.2) is 19.1 Å². The molecule has 4 aromatic rings. The van der Waals surface area contributed by atoms with E-state index in [-0.39, 0.29) is 17.1 Å². The van der Waals surface area contributed by atoms with Crippen LogP contribution in [-0.2, 0) is 0 Å². The Morgan fingerprint density at radius 2 is 1.71 bits per heavy atom. The van der Waals surface area contributed by atoms with Crippen LogP contribution >= 0.6 is 15.9 Å². The number of amides is 1. The van der Waals surface area contributed by atoms with Crippen LogP contribution < -0.4 is 19.8 Å². The lowest BCUT2D eigenvalue weighted by Gasteiger charge is -2.26. The maximum atomic E-state index is 13.7. The monoisotopic (exact) mass is 533 g/mol. The van der Waals surface area contributed by atoms with E-state index in [2.05, 4.69) is 15.9 Å². The largest absolute Gasteiger partial charge is 0.490 e. The number of hydrogen-bond donors (Lipinski definition) is 0. The van der Waals surface area contributed by atoms with Gasteiger partial charge in [-0.3, -0.25) is 14.5 Å². The standard InChI is InChI=1S/C28H24BrNO5/c1-3-15-34-22-14-9-17(16-23(22)33-4-2)25-24-26(31)20-7-5-6-8-21(20)35-27(24)28(32)30(25)19-12-10-18(29)11-13-19/h5-14,16,25H,3-4,15H2,1-2H3. The van der Waals surface area contributed by atoms with E-state index < -0.39 is 6.04 Å². The Kier molecular flexibility index (Phi) is 6.34. The molecule has 1 aromatic heterocycles. The second-order valence-electron chi connectivity index (χ2n) is 8.21. The Hall–Kier alpha value is -3.58. The van der Waals surface area contributed by atoms with Gasteiger partial charge in [-0.25, -0.2) is 0 Å². The lowest BCUT2D eigenvalue weighted by Crippen LogP contribution is -2.29. The third-order valence-corrected chi connectivity index (χ3v) is 6.46. The van der Waals surface area contributed by atoms with Crippen molar-refractivity contribution in [1.82, 2.24) is 0 Å². The van der Waals surface area contributed by atoms with Gasteiger partial charge in [0, 0.05) is 10.2 Å². The Balaban J connectivity index is 1.74. The van der Waals surface area contributed by atoms with Crippen LogP contribution in [0.25, 0.3) is 11.0 Å². The summed E-state index contributed by atoms with van der Waals surface area (Å²) in [6.45, 7) is 4.95. The van der Waals surface area contributed by atoms with Crippen molar-refractivity contribution in [3.05, 3.63) is 98.3 Å². The summed E-state index contributed by atoms with van der Waals surface area (Å²) in [7, 11) is 0. The molecule has 178 valence electrons. The highest BCUT2D eigenvalue weighted by atomic mass is 79.9. The SMILES string of the molecule is CCCOc1ccc(C2c3c(oc4ccccc4c3=O)C(=O)N2c2ccc(Br)cc2)cc1OCC. The molecule has 0 fully saturated rings. The van der Waals surface area contributed by atoms with Gasteiger partial charge in [0.05, 0.1) is 30.2 Å². The van der Waals surface area contributed by atoms with Crippen LogP contribution in [0.2, 0.25) is 0 Å². The molecular formula is C28H24BrNO5. The summed E-state index contributed by atoms with van der Waals surface area (Å²) in [4.78, 5) is 29.0. The molecule has 0 aliphatic carbocycles. The minimum absolute atomic E-state index is 0.0610. The predicted molar refractivity (Wildman–Crippen MR) is 139 cm³/mol. The van der Waals surface area contributed by atoms with E-state index in [0.717, 1.165) is 16.5 Å². The molecule has 5 rings (SSSR count). The van der Waals surface area contributed by atoms with E-state index in [1.54, 1.807) is 29.2 Å². The van der Waals surface area contributed by atoms with Gasteiger partial charge in [-0.1, -0.05) is 41.1 Å². The first kappa shape index (κ1) is 23.2. The highest BCUT2D eigenvalue weighted by Crippen LogP contribution is 2.43. The number of carbonyl (C=O) groups excluding carboxylic acids is 1. The van der Waals surface area contributed by atoms with Crippen LogP contribution in [0.1, 0.15) is 48.0 Å². The Labute approximate surface area is 211 Å². The molecule has 0 bridgehead atoms. The molecule has 1 atom stereocenters. The molecule has 0 N–H and O–H groups in total. The molecule has 7 heteroatoms. The number of carbonyl (C=O) groups is 1. The molecule has 1 aliphatic rings. The van der Waals surface area contributed by atoms with Gasteiger partial charge in [-0.2, -0.15) is 0 Å². The molecule has 1 unspecified atom stereocenters. The maximum Gasteiger partial charge on any atom is 0.295 e. The third kappa shape index (κ3) is 4.10. The van der Waals surface area contributed by atoms with Crippen LogP contribution in [0.5, 0.6) is 11.5 Å². The fourth-order valence-electron chi connectivity index (χ4n) is 4.40. The predicted octanol–water partition coefficient (Wildman–Crippen LogP) is 6.49. The average molecular weight is 534 g/mol. The van der Waals surface area contributed by atoms with E-state index in [9.17, 15) is 9.59 Å². The van der Waals surface area contributed by atoms with Crippen LogP contribution in [0, 0.1) is 0 Å². The van der Waals surface area contributed by atoms with Gasteiger partial charge in [0.15, 0.2) is 16.9 Å². The lowest BCUT2D eigenvalue weighted by atomic mass is 9.97. The smallest absolute Gasteiger partial charge is 0.295 e. The highest BCUT2D eigenvalue weighted by Gasteiger charge is 2.43. The molecule has 0 spiro atoms. The van der Waals surface area contributed by atoms with E-state index in [4.69, 9.17) is 13.9 Å². The van der Waals surface area contributed by atoms with Crippen molar-refractivity contribution in [2.24, 2.45) is 0 Å². The molecule has 0 saturated heterocycles. The van der Waals surface area contributed by atoms with Crippen molar-refractivity contribution < 1.29 is 18.7 Å². The van der Waals surface area contributed by atoms with E-state index in [1.165, 1.54) is 0 Å². The van der Waals surface area contributed by atoms with Gasteiger partial charge in [0.1, 0.15) is 5.58 Å². The first-order valence-electron chi connectivity index (χ1n) is 11.6. The number of anilines is 1. The first-order valence-corrected chi connectivity index (χ1v) is 12.4. The summed E-state index contributed by atoms with van der Waals surface area (Å²) in [5.41, 5.74) is 1.88. The highest BCUT2D eigenvalue weighted by molar-refractivity contribution is 9.10. The lowest BCUT2D eigenvalue weighted by molar-refractivity contribution is 0.0971. The van der Waals surface area contributed by atoms with Crippen molar-refractivity contribution >= 4 is 38.5 Å². The molecule has 1 aliphatic heterocycles. The van der Waals surface area contributed by atoms with Crippen molar-refractivity contribution in [3.63, 3.8) is 0 Å². The summed E-state index contributed by atoms with van der Waals surface area (Å²) in [5.74, 6) is 0.897. The van der Waals surface area contributed by atoms with E-state index in [0.29, 0.717) is 46.9 Å². The van der Waals surface area contributed by atoms with Crippen molar-refractivity contribution in [2.45, 2.75) is 26.3 Å². The number of para-hydroxylation sites is 1. The third-order valence-electron chi connectivity index (χ3n) is 5.93. The normalized spacial score (nSPS) is 14.9. The summed E-state index contributed by atoms with van der Waals surface area (Å²) >= 11 is 3.45. The molecular weight excluding hydrogens is 510 g/mol. The molecule has 35 heavy (non-hydrogen) atoms. The fraction of sp³-hybridized carbons (Fsp3) is 0.214. The number of hydrogen-bond acceptors (Lipinski definition) is 5. The summed E-state index contributed by atoms with van der Waals surface area (Å²) in [6, 6.07) is 19.3. The topological polar surface area (TPSA) is 69.0 Å². The Morgan fingerprint density at radius 3 is 2.46 bits per heavy atom. The van der Waals surface area contributed by atoms with Crippen LogP contribution in [0.4, 0.5) is 5.69 Å². The van der Waals surface area contributed by atoms with Crippen LogP contribution in [0.3, 0.4) is 0 Å². The van der Waals surface area contributed by atoms with Gasteiger partial charge in [-0.05, 0) is 67.4 Å². The Morgan fingerprint density at radius 1 is 0.943 bits per heavy atom. The number of benzene rings is 3. The molecule has 0 radical (unpaired) electrons. The minimum Gasteiger partial charge on any atom is -0.490 e. The zero-order chi connectivity index (χ0) is 24.5. The van der Waals surface area contributed by atoms with Gasteiger partial charge < -0.3 is 13.9 Å². The minimum atomic E-state index is -0.682. The Bertz CT molecular complexity index is 1460. The van der Waals surface area contributed by atoms with Crippen molar-refractivity contribution in [3.8, 4) is 11.5 Å². The van der Waals surface area contributed by atoms with Gasteiger partial charge in [0.2, 0.25) is 5.76 Å². The van der Waals surface area contributed by atoms with E-state index >= 15 is 0 Å². The number of halogens is 1. The zero-order valence-corrected chi connectivity index (χ0v) is 21.0. The first-order chi connectivity index (χ1) is 17.0. The van der Waals surface area contributed by atoms with Crippen molar-refractivity contribution in [2.75, 3.05) is 18.1 Å². The average Bonchev–Trinajstić information content (AvgIpc) is 3.16. The molecule has 6 nitrogen and oxygen atoms in total. The molecule has 0 saturated carbocycles. The van der Waals surface area contributed by atoms with E-state index in [1.807, 2.05) is 56.3 Å². The molecule has 3 aromatic carbocycles. The van der Waals surface area contributed by atoms with Gasteiger partial charge >= 0.3 is 0 Å². The quantitative estimate of drug-likeness (QED) is 0.271. The van der Waals surface area contributed by atoms with Crippen LogP contribution in [0.15, 0.2) is 80.4 Å². The second-order valence-corrected chi connectivity index (χ2v) is 9.13. The number of nitrogens with zero attached hydrogens (tertiary/aromatic N) is 1. The number of rotatable bonds is 7. The molecule has 1 amide bonds. The fourth-order valence-corrected chi connectivity index (χ4v) is 4.66. The summed E-state index contributed by atoms with van der Waals surface area (Å²) in [6.07, 6.45) is 0.864. The number of ether oxygens (including phenoxy) is 2. The zero-order valence-electron chi connectivity index (χ0n) is 19.4. The second kappa shape index (κ2) is 9.58. The van der Waals surface area contributed by atoms with Gasteiger partial charge in [0.25, 0.3) is 5.91 Å². The van der Waals surface area contributed by atoms with Gasteiger partial charge in [-0.15, -0.1) is 0 Å². The number of fused-ring (bicyclic) bond motifs is 2. The van der Waals surface area contributed by atoms with Crippen molar-refractivity contribution in [1.29, 1.82) is 0 Å². The summed E-state index contributed by atoms with van der Waals surface area (Å²) < 4.78 is 18.6.